The normalized spacial score (nSPS) is 18.1. The zero-order chi connectivity index (χ0) is 13.8. The number of alkyl carbamates (subject to hydrolysis) is 1. The molecule has 104 valence electrons. The van der Waals surface area contributed by atoms with Crippen molar-refractivity contribution in [1.29, 1.82) is 0 Å². The molecular weight excluding hydrogens is 236 g/mol. The van der Waals surface area contributed by atoms with E-state index in [1.54, 1.807) is 32.6 Å². The van der Waals surface area contributed by atoms with Crippen molar-refractivity contribution in [3.63, 3.8) is 0 Å². The Labute approximate surface area is 108 Å². The molecule has 0 saturated carbocycles. The number of rotatable bonds is 2. The number of carbonyl (C=O) groups is 2. The third-order valence-electron chi connectivity index (χ3n) is 2.43. The topological polar surface area (TPSA) is 67.9 Å². The molecule has 1 heterocycles. The molecule has 1 rings (SSSR count). The summed E-state index contributed by atoms with van der Waals surface area (Å²) in [6, 6.07) is -0.585. The number of carbonyl (C=O) groups excluding carboxylic acids is 2. The van der Waals surface area contributed by atoms with E-state index in [0.717, 1.165) is 0 Å². The van der Waals surface area contributed by atoms with Gasteiger partial charge in [-0.15, -0.1) is 0 Å². The molecule has 1 saturated heterocycles. The van der Waals surface area contributed by atoms with E-state index in [9.17, 15) is 9.59 Å². The van der Waals surface area contributed by atoms with Crippen molar-refractivity contribution in [1.82, 2.24) is 10.2 Å². The number of hydrogen-bond acceptors (Lipinski definition) is 4. The molecule has 2 amide bonds. The molecule has 1 fully saturated rings. The largest absolute Gasteiger partial charge is 0.444 e. The maximum atomic E-state index is 12.0. The van der Waals surface area contributed by atoms with Crippen LogP contribution in [0.2, 0.25) is 0 Å². The van der Waals surface area contributed by atoms with E-state index in [1.807, 2.05) is 0 Å². The predicted molar refractivity (Wildman–Crippen MR) is 66.2 cm³/mol. The molecule has 1 aliphatic heterocycles. The summed E-state index contributed by atoms with van der Waals surface area (Å²) in [6.07, 6.45) is -0.573. The second kappa shape index (κ2) is 6.04. The SMILES string of the molecule is CC(NC(=O)OC(C)(C)C)C(=O)N1CCOCC1. The summed E-state index contributed by atoms with van der Waals surface area (Å²) < 4.78 is 10.3. The lowest BCUT2D eigenvalue weighted by molar-refractivity contribution is -0.137. The molecule has 0 bridgehead atoms. The van der Waals surface area contributed by atoms with Crippen LogP contribution in [0.3, 0.4) is 0 Å². The Hall–Kier alpha value is -1.30. The number of morpholine rings is 1. The highest BCUT2D eigenvalue weighted by molar-refractivity contribution is 5.85. The van der Waals surface area contributed by atoms with Gasteiger partial charge in [0, 0.05) is 13.1 Å². The van der Waals surface area contributed by atoms with Gasteiger partial charge in [-0.1, -0.05) is 0 Å². The van der Waals surface area contributed by atoms with Crippen molar-refractivity contribution in [2.24, 2.45) is 0 Å². The van der Waals surface area contributed by atoms with Crippen LogP contribution in [-0.4, -0.2) is 54.8 Å². The van der Waals surface area contributed by atoms with Gasteiger partial charge in [0.2, 0.25) is 5.91 Å². The minimum Gasteiger partial charge on any atom is -0.444 e. The van der Waals surface area contributed by atoms with E-state index in [2.05, 4.69) is 5.32 Å². The van der Waals surface area contributed by atoms with Gasteiger partial charge < -0.3 is 19.7 Å². The van der Waals surface area contributed by atoms with E-state index >= 15 is 0 Å². The molecule has 1 N–H and O–H groups in total. The first-order valence-electron chi connectivity index (χ1n) is 6.15. The third-order valence-corrected chi connectivity index (χ3v) is 2.43. The number of amides is 2. The molecule has 0 aliphatic carbocycles. The summed E-state index contributed by atoms with van der Waals surface area (Å²) in [6.45, 7) is 9.22. The van der Waals surface area contributed by atoms with Gasteiger partial charge in [0.15, 0.2) is 0 Å². The summed E-state index contributed by atoms with van der Waals surface area (Å²) >= 11 is 0. The average Bonchev–Trinajstić information content (AvgIpc) is 2.26. The Morgan fingerprint density at radius 1 is 1.28 bits per heavy atom. The van der Waals surface area contributed by atoms with Gasteiger partial charge in [0.1, 0.15) is 11.6 Å². The average molecular weight is 258 g/mol. The van der Waals surface area contributed by atoms with Crippen molar-refractivity contribution in [2.75, 3.05) is 26.3 Å². The van der Waals surface area contributed by atoms with Crippen molar-refractivity contribution in [3.05, 3.63) is 0 Å². The molecule has 0 spiro atoms. The van der Waals surface area contributed by atoms with E-state index in [0.29, 0.717) is 26.3 Å². The predicted octanol–water partition coefficient (Wildman–Crippen LogP) is 0.758. The quantitative estimate of drug-likeness (QED) is 0.794. The van der Waals surface area contributed by atoms with Crippen LogP contribution < -0.4 is 5.32 Å². The first-order chi connectivity index (χ1) is 8.29. The van der Waals surface area contributed by atoms with Gasteiger partial charge in [-0.25, -0.2) is 4.79 Å². The maximum absolute atomic E-state index is 12.0. The van der Waals surface area contributed by atoms with Crippen LogP contribution in [0.1, 0.15) is 27.7 Å². The van der Waals surface area contributed by atoms with Crippen molar-refractivity contribution in [2.45, 2.75) is 39.3 Å². The maximum Gasteiger partial charge on any atom is 0.408 e. The van der Waals surface area contributed by atoms with E-state index < -0.39 is 17.7 Å². The Balaban J connectivity index is 2.41. The number of ether oxygens (including phenoxy) is 2. The first-order valence-corrected chi connectivity index (χ1v) is 6.15. The minimum atomic E-state index is -0.585. The van der Waals surface area contributed by atoms with Crippen molar-refractivity contribution < 1.29 is 19.1 Å². The summed E-state index contributed by atoms with van der Waals surface area (Å²) in [4.78, 5) is 25.2. The fourth-order valence-electron chi connectivity index (χ4n) is 1.60. The molecule has 0 radical (unpaired) electrons. The van der Waals surface area contributed by atoms with Crippen LogP contribution >= 0.6 is 0 Å². The molecule has 1 atom stereocenters. The second-order valence-electron chi connectivity index (χ2n) is 5.31. The lowest BCUT2D eigenvalue weighted by Gasteiger charge is -2.29. The molecule has 0 aromatic rings. The third kappa shape index (κ3) is 4.91. The molecule has 6 heteroatoms. The lowest BCUT2D eigenvalue weighted by atomic mass is 10.2. The highest BCUT2D eigenvalue weighted by Crippen LogP contribution is 2.07. The fraction of sp³-hybridized carbons (Fsp3) is 0.833. The van der Waals surface area contributed by atoms with E-state index in [1.165, 1.54) is 0 Å². The van der Waals surface area contributed by atoms with Gasteiger partial charge in [-0.2, -0.15) is 0 Å². The molecule has 1 unspecified atom stereocenters. The van der Waals surface area contributed by atoms with Crippen LogP contribution in [-0.2, 0) is 14.3 Å². The Morgan fingerprint density at radius 3 is 2.33 bits per heavy atom. The van der Waals surface area contributed by atoms with Crippen molar-refractivity contribution in [3.8, 4) is 0 Å². The van der Waals surface area contributed by atoms with Crippen molar-refractivity contribution >= 4 is 12.0 Å². The number of nitrogens with zero attached hydrogens (tertiary/aromatic N) is 1. The summed E-state index contributed by atoms with van der Waals surface area (Å²) in [5.41, 5.74) is -0.564. The zero-order valence-corrected chi connectivity index (χ0v) is 11.5. The van der Waals surface area contributed by atoms with E-state index in [4.69, 9.17) is 9.47 Å². The fourth-order valence-corrected chi connectivity index (χ4v) is 1.60. The van der Waals surface area contributed by atoms with Gasteiger partial charge in [-0.3, -0.25) is 4.79 Å². The smallest absolute Gasteiger partial charge is 0.408 e. The molecule has 0 aromatic heterocycles. The minimum absolute atomic E-state index is 0.107. The van der Waals surface area contributed by atoms with Gasteiger partial charge >= 0.3 is 6.09 Å². The Morgan fingerprint density at radius 2 is 1.83 bits per heavy atom. The van der Waals surface area contributed by atoms with Crippen LogP contribution in [0, 0.1) is 0 Å². The summed E-state index contributed by atoms with van der Waals surface area (Å²) in [7, 11) is 0. The standard InChI is InChI=1S/C12H22N2O4/c1-9(13-11(16)18-12(2,3)4)10(15)14-5-7-17-8-6-14/h9H,5-8H2,1-4H3,(H,13,16). The van der Waals surface area contributed by atoms with E-state index in [-0.39, 0.29) is 5.91 Å². The highest BCUT2D eigenvalue weighted by atomic mass is 16.6. The number of hydrogen-bond donors (Lipinski definition) is 1. The molecule has 0 aromatic carbocycles. The molecule has 6 nitrogen and oxygen atoms in total. The van der Waals surface area contributed by atoms with Crippen LogP contribution in [0.25, 0.3) is 0 Å². The van der Waals surface area contributed by atoms with Gasteiger partial charge in [-0.05, 0) is 27.7 Å². The zero-order valence-electron chi connectivity index (χ0n) is 11.5. The van der Waals surface area contributed by atoms with Gasteiger partial charge in [0.05, 0.1) is 13.2 Å². The Bertz CT molecular complexity index is 306. The first kappa shape index (κ1) is 14.8. The van der Waals surface area contributed by atoms with Crippen LogP contribution in [0.5, 0.6) is 0 Å². The van der Waals surface area contributed by atoms with Crippen LogP contribution in [0.4, 0.5) is 4.79 Å². The van der Waals surface area contributed by atoms with Gasteiger partial charge in [0.25, 0.3) is 0 Å². The summed E-state index contributed by atoms with van der Waals surface area (Å²) in [5, 5.41) is 2.54. The molecular formula is C12H22N2O4. The molecule has 18 heavy (non-hydrogen) atoms. The molecule has 1 aliphatic rings. The second-order valence-corrected chi connectivity index (χ2v) is 5.31. The monoisotopic (exact) mass is 258 g/mol. The highest BCUT2D eigenvalue weighted by Gasteiger charge is 2.25. The summed E-state index contributed by atoms with van der Waals surface area (Å²) in [5.74, 6) is -0.107. The Kier molecular flexibility index (Phi) is 4.95. The lowest BCUT2D eigenvalue weighted by Crippen LogP contribution is -2.51. The van der Waals surface area contributed by atoms with Crippen LogP contribution in [0.15, 0.2) is 0 Å². The number of nitrogens with one attached hydrogen (secondary N) is 1.